The Morgan fingerprint density at radius 1 is 1.75 bits per heavy atom. The molecule has 0 spiro atoms. The van der Waals surface area contributed by atoms with Gasteiger partial charge in [-0.15, -0.1) is 0 Å². The Morgan fingerprint density at radius 2 is 2.38 bits per heavy atom. The van der Waals surface area contributed by atoms with Crippen LogP contribution in [0.4, 0.5) is 0 Å². The van der Waals surface area contributed by atoms with E-state index in [9.17, 15) is 0 Å². The fraction of sp³-hybridized carbons (Fsp3) is 0.714. The molecule has 2 N–H and O–H groups in total. The van der Waals surface area contributed by atoms with Crippen LogP contribution in [0, 0.1) is 5.92 Å². The van der Waals surface area contributed by atoms with Crippen molar-refractivity contribution < 1.29 is 0 Å². The second-order valence-corrected chi connectivity index (χ2v) is 2.76. The molecule has 0 amide bonds. The van der Waals surface area contributed by atoms with E-state index in [1.807, 2.05) is 0 Å². The van der Waals surface area contributed by atoms with Gasteiger partial charge in [-0.1, -0.05) is 19.1 Å². The van der Waals surface area contributed by atoms with Crippen LogP contribution in [0.1, 0.15) is 19.8 Å². The van der Waals surface area contributed by atoms with Gasteiger partial charge in [0, 0.05) is 6.04 Å². The van der Waals surface area contributed by atoms with Crippen molar-refractivity contribution in [3.63, 3.8) is 0 Å². The molecular weight excluding hydrogens is 98.1 g/mol. The minimum atomic E-state index is 0.400. The zero-order valence-corrected chi connectivity index (χ0v) is 5.35. The van der Waals surface area contributed by atoms with Crippen molar-refractivity contribution in [3.8, 4) is 0 Å². The van der Waals surface area contributed by atoms with Crippen molar-refractivity contribution in [2.45, 2.75) is 25.8 Å². The summed E-state index contributed by atoms with van der Waals surface area (Å²) in [6.07, 6.45) is 2.18. The van der Waals surface area contributed by atoms with Crippen molar-refractivity contribution in [1.29, 1.82) is 0 Å². The Labute approximate surface area is 50.6 Å². The summed E-state index contributed by atoms with van der Waals surface area (Å²) in [6.45, 7) is 6.10. The molecule has 0 aromatic rings. The highest BCUT2D eigenvalue weighted by Crippen LogP contribution is 2.27. The fourth-order valence-electron chi connectivity index (χ4n) is 1.24. The van der Waals surface area contributed by atoms with E-state index in [2.05, 4.69) is 13.5 Å². The van der Waals surface area contributed by atoms with E-state index in [1.54, 1.807) is 0 Å². The maximum atomic E-state index is 5.65. The third-order valence-electron chi connectivity index (χ3n) is 1.88. The van der Waals surface area contributed by atoms with Gasteiger partial charge in [-0.3, -0.25) is 0 Å². The number of hydrogen-bond acceptors (Lipinski definition) is 1. The summed E-state index contributed by atoms with van der Waals surface area (Å²) in [5, 5.41) is 0. The van der Waals surface area contributed by atoms with Gasteiger partial charge in [0.2, 0.25) is 0 Å². The van der Waals surface area contributed by atoms with Crippen LogP contribution >= 0.6 is 0 Å². The first-order valence-electron chi connectivity index (χ1n) is 3.13. The second-order valence-electron chi connectivity index (χ2n) is 2.76. The van der Waals surface area contributed by atoms with Gasteiger partial charge < -0.3 is 5.73 Å². The van der Waals surface area contributed by atoms with Crippen LogP contribution in [0.25, 0.3) is 0 Å². The Morgan fingerprint density at radius 3 is 2.50 bits per heavy atom. The molecule has 1 fully saturated rings. The summed E-state index contributed by atoms with van der Waals surface area (Å²) in [4.78, 5) is 0. The molecule has 2 atom stereocenters. The van der Waals surface area contributed by atoms with E-state index in [4.69, 9.17) is 5.73 Å². The number of nitrogens with two attached hydrogens (primary N) is 1. The molecule has 0 aromatic heterocycles. The fourth-order valence-corrected chi connectivity index (χ4v) is 1.24. The highest BCUT2D eigenvalue weighted by atomic mass is 14.6. The average Bonchev–Trinajstić information content (AvgIpc) is 1.85. The predicted octanol–water partition coefficient (Wildman–Crippen LogP) is 1.30. The zero-order valence-electron chi connectivity index (χ0n) is 5.35. The molecule has 46 valence electrons. The van der Waals surface area contributed by atoms with Crippen molar-refractivity contribution in [2.24, 2.45) is 11.7 Å². The summed E-state index contributed by atoms with van der Waals surface area (Å²) < 4.78 is 0. The van der Waals surface area contributed by atoms with Gasteiger partial charge in [0.1, 0.15) is 0 Å². The standard InChI is InChI=1S/C7H13N/c1-5-3-7(8)4-6(5)2/h6-7H,1,3-4,8H2,2H3. The van der Waals surface area contributed by atoms with E-state index in [0.717, 1.165) is 12.8 Å². The largest absolute Gasteiger partial charge is 0.327 e. The van der Waals surface area contributed by atoms with Crippen LogP contribution < -0.4 is 5.73 Å². The summed E-state index contributed by atoms with van der Waals surface area (Å²) in [5.41, 5.74) is 6.99. The molecule has 1 aliphatic carbocycles. The van der Waals surface area contributed by atoms with E-state index >= 15 is 0 Å². The van der Waals surface area contributed by atoms with Gasteiger partial charge in [0.05, 0.1) is 0 Å². The lowest BCUT2D eigenvalue weighted by molar-refractivity contribution is 0.628. The van der Waals surface area contributed by atoms with Crippen molar-refractivity contribution in [1.82, 2.24) is 0 Å². The summed E-state index contributed by atoms with van der Waals surface area (Å²) in [6, 6.07) is 0.400. The molecule has 1 saturated carbocycles. The molecule has 0 bridgehead atoms. The predicted molar refractivity (Wildman–Crippen MR) is 35.5 cm³/mol. The molecule has 0 aliphatic heterocycles. The van der Waals surface area contributed by atoms with Crippen LogP contribution in [-0.4, -0.2) is 6.04 Å². The molecular formula is C7H13N. The smallest absolute Gasteiger partial charge is 0.00816 e. The summed E-state index contributed by atoms with van der Waals surface area (Å²) >= 11 is 0. The Bertz CT molecular complexity index is 107. The van der Waals surface area contributed by atoms with Gasteiger partial charge in [-0.05, 0) is 18.8 Å². The van der Waals surface area contributed by atoms with Gasteiger partial charge in [0.15, 0.2) is 0 Å². The lowest BCUT2D eigenvalue weighted by atomic mass is 10.1. The van der Waals surface area contributed by atoms with Gasteiger partial charge in [-0.25, -0.2) is 0 Å². The average molecular weight is 111 g/mol. The second kappa shape index (κ2) is 1.90. The normalized spacial score (nSPS) is 38.5. The van der Waals surface area contributed by atoms with Gasteiger partial charge in [-0.2, -0.15) is 0 Å². The Balaban J connectivity index is 2.51. The number of rotatable bonds is 0. The van der Waals surface area contributed by atoms with Crippen LogP contribution in [-0.2, 0) is 0 Å². The van der Waals surface area contributed by atoms with Crippen molar-refractivity contribution in [3.05, 3.63) is 12.2 Å². The lowest BCUT2D eigenvalue weighted by Crippen LogP contribution is -2.14. The maximum absolute atomic E-state index is 5.65. The topological polar surface area (TPSA) is 26.0 Å². The molecule has 0 radical (unpaired) electrons. The molecule has 2 unspecified atom stereocenters. The molecule has 1 rings (SSSR count). The van der Waals surface area contributed by atoms with Crippen LogP contribution in [0.2, 0.25) is 0 Å². The molecule has 0 aromatic carbocycles. The van der Waals surface area contributed by atoms with E-state index < -0.39 is 0 Å². The SMILES string of the molecule is C=C1CC(N)CC1C. The molecule has 1 heteroatoms. The van der Waals surface area contributed by atoms with E-state index in [-0.39, 0.29) is 0 Å². The molecule has 0 heterocycles. The molecule has 8 heavy (non-hydrogen) atoms. The van der Waals surface area contributed by atoms with E-state index in [1.165, 1.54) is 5.57 Å². The molecule has 0 saturated heterocycles. The lowest BCUT2D eigenvalue weighted by Gasteiger charge is -1.98. The minimum Gasteiger partial charge on any atom is -0.327 e. The quantitative estimate of drug-likeness (QED) is 0.468. The Kier molecular flexibility index (Phi) is 1.39. The van der Waals surface area contributed by atoms with Crippen LogP contribution in [0.5, 0.6) is 0 Å². The number of hydrogen-bond donors (Lipinski definition) is 1. The molecule has 1 aliphatic rings. The first-order chi connectivity index (χ1) is 3.70. The first kappa shape index (κ1) is 5.83. The third-order valence-corrected chi connectivity index (χ3v) is 1.88. The van der Waals surface area contributed by atoms with Crippen LogP contribution in [0.15, 0.2) is 12.2 Å². The van der Waals surface area contributed by atoms with Crippen molar-refractivity contribution in [2.75, 3.05) is 0 Å². The third kappa shape index (κ3) is 0.920. The van der Waals surface area contributed by atoms with E-state index in [0.29, 0.717) is 12.0 Å². The zero-order chi connectivity index (χ0) is 6.15. The van der Waals surface area contributed by atoms with Crippen molar-refractivity contribution >= 4 is 0 Å². The summed E-state index contributed by atoms with van der Waals surface area (Å²) in [5.74, 6) is 0.671. The highest BCUT2D eigenvalue weighted by Gasteiger charge is 2.20. The van der Waals surface area contributed by atoms with Gasteiger partial charge >= 0.3 is 0 Å². The minimum absolute atomic E-state index is 0.400. The summed E-state index contributed by atoms with van der Waals surface area (Å²) in [7, 11) is 0. The highest BCUT2D eigenvalue weighted by molar-refractivity contribution is 5.08. The van der Waals surface area contributed by atoms with Crippen LogP contribution in [0.3, 0.4) is 0 Å². The Hall–Kier alpha value is -0.300. The van der Waals surface area contributed by atoms with Gasteiger partial charge in [0.25, 0.3) is 0 Å². The molecule has 1 nitrogen and oxygen atoms in total. The monoisotopic (exact) mass is 111 g/mol. The maximum Gasteiger partial charge on any atom is 0.00816 e. The first-order valence-corrected chi connectivity index (χ1v) is 3.13.